The Morgan fingerprint density at radius 2 is 0.851 bits per heavy atom. The normalized spacial score (nSPS) is 13.9. The summed E-state index contributed by atoms with van der Waals surface area (Å²) in [4.78, 5) is 37.2. The van der Waals surface area contributed by atoms with E-state index in [2.05, 4.69) is 135 Å². The first-order valence-corrected chi connectivity index (χ1v) is 25.7. The summed E-state index contributed by atoms with van der Waals surface area (Å²) in [6.07, 6.45) is 64.1. The monoisotopic (exact) mass is 933 g/mol. The highest BCUT2D eigenvalue weighted by molar-refractivity contribution is 5.71. The SMILES string of the molecule is CC/C=C\C/C=C\C/C=C\C/C=C\C/C=C\C/C=C\C/C=C\C/C=C\CCCCCCC(=O)OC(COC(=O)CCCCCCC/C=C\C/C=C\CCC)COC(OCC[N+](C)(C)C)C(=O)O. The van der Waals surface area contributed by atoms with Gasteiger partial charge in [-0.1, -0.05) is 174 Å². The van der Waals surface area contributed by atoms with E-state index in [0.717, 1.165) is 128 Å². The number of unbranched alkanes of at least 4 members (excludes halogenated alkanes) is 10. The van der Waals surface area contributed by atoms with E-state index in [1.165, 1.54) is 6.42 Å². The van der Waals surface area contributed by atoms with Crippen LogP contribution >= 0.6 is 0 Å². The number of carboxylic acids is 1. The number of carbonyl (C=O) groups is 3. The van der Waals surface area contributed by atoms with Crippen LogP contribution in [0.25, 0.3) is 0 Å². The molecule has 9 heteroatoms. The molecule has 0 fully saturated rings. The van der Waals surface area contributed by atoms with Gasteiger partial charge in [-0.15, -0.1) is 0 Å². The number of hydrogen-bond acceptors (Lipinski definition) is 7. The molecule has 0 aliphatic heterocycles. The molecule has 0 aliphatic carbocycles. The van der Waals surface area contributed by atoms with E-state index in [1.54, 1.807) is 0 Å². The summed E-state index contributed by atoms with van der Waals surface area (Å²) in [5.41, 5.74) is 0. The molecule has 0 heterocycles. The van der Waals surface area contributed by atoms with Gasteiger partial charge in [-0.2, -0.15) is 0 Å². The maximum absolute atomic E-state index is 12.8. The molecule has 0 aromatic carbocycles. The van der Waals surface area contributed by atoms with Crippen molar-refractivity contribution in [1.29, 1.82) is 0 Å². The number of esters is 2. The standard InChI is InChI=1S/C58H93NO8/c1-6-8-10-12-14-16-18-20-21-22-23-24-25-26-27-28-29-30-31-32-33-34-35-37-39-41-43-45-47-49-56(61)67-54(53-66-58(57(62)63)64-51-50-59(3,4)5)52-65-55(60)48-46-44-42-40-38-36-19-17-15-13-11-9-7-2/h8,10-11,13-14,16-17,19-21,23-24,26-27,29-30,32-33,35,37,54,58H,6-7,9,12,15,18,22,25,28,31,34,36,38-53H2,1-5H3/p+1/b10-8-,13-11-,16-14-,19-17-,21-20-,24-23-,27-26-,30-29-,33-32-,37-35-. The second-order valence-electron chi connectivity index (χ2n) is 17.7. The van der Waals surface area contributed by atoms with Crippen LogP contribution in [0.3, 0.4) is 0 Å². The highest BCUT2D eigenvalue weighted by Crippen LogP contribution is 2.12. The summed E-state index contributed by atoms with van der Waals surface area (Å²) >= 11 is 0. The smallest absolute Gasteiger partial charge is 0.361 e. The number of likely N-dealkylation sites (N-methyl/N-ethyl adjacent to an activating group) is 1. The third-order valence-corrected chi connectivity index (χ3v) is 10.2. The van der Waals surface area contributed by atoms with Crippen molar-refractivity contribution >= 4 is 17.9 Å². The van der Waals surface area contributed by atoms with E-state index in [1.807, 2.05) is 21.1 Å². The third-order valence-electron chi connectivity index (χ3n) is 10.2. The van der Waals surface area contributed by atoms with Crippen molar-refractivity contribution in [3.8, 4) is 0 Å². The van der Waals surface area contributed by atoms with Crippen LogP contribution < -0.4 is 0 Å². The van der Waals surface area contributed by atoms with E-state index in [-0.39, 0.29) is 38.6 Å². The molecule has 0 rings (SSSR count). The Morgan fingerprint density at radius 3 is 1.27 bits per heavy atom. The number of carboxylic acid groups (broad SMARTS) is 1. The maximum Gasteiger partial charge on any atom is 0.361 e. The average molecular weight is 933 g/mol. The van der Waals surface area contributed by atoms with Crippen LogP contribution in [-0.2, 0) is 33.3 Å². The van der Waals surface area contributed by atoms with Gasteiger partial charge in [-0.05, 0) is 103 Å². The van der Waals surface area contributed by atoms with Crippen molar-refractivity contribution in [3.63, 3.8) is 0 Å². The largest absolute Gasteiger partial charge is 0.477 e. The molecule has 0 spiro atoms. The molecule has 378 valence electrons. The Labute approximate surface area is 408 Å². The number of allylic oxidation sites excluding steroid dienone is 20. The van der Waals surface area contributed by atoms with Gasteiger partial charge in [0.2, 0.25) is 0 Å². The molecule has 0 aromatic heterocycles. The van der Waals surface area contributed by atoms with Gasteiger partial charge in [0.05, 0.1) is 34.4 Å². The third kappa shape index (κ3) is 49.4. The minimum absolute atomic E-state index is 0.173. The average Bonchev–Trinajstić information content (AvgIpc) is 3.29. The van der Waals surface area contributed by atoms with Crippen LogP contribution in [0.4, 0.5) is 0 Å². The topological polar surface area (TPSA) is 108 Å². The molecule has 0 amide bonds. The van der Waals surface area contributed by atoms with Crippen LogP contribution in [0.1, 0.15) is 168 Å². The molecule has 2 unspecified atom stereocenters. The Morgan fingerprint density at radius 1 is 0.463 bits per heavy atom. The van der Waals surface area contributed by atoms with Gasteiger partial charge in [0, 0.05) is 12.8 Å². The maximum atomic E-state index is 12.8. The molecule has 0 saturated carbocycles. The molecule has 2 atom stereocenters. The molecule has 0 saturated heterocycles. The number of rotatable bonds is 45. The number of aliphatic carboxylic acids is 1. The highest BCUT2D eigenvalue weighted by atomic mass is 16.7. The Balaban J connectivity index is 4.40. The lowest BCUT2D eigenvalue weighted by atomic mass is 10.1. The van der Waals surface area contributed by atoms with Gasteiger partial charge in [0.1, 0.15) is 13.2 Å². The van der Waals surface area contributed by atoms with Crippen molar-refractivity contribution in [1.82, 2.24) is 0 Å². The molecule has 1 N–H and O–H groups in total. The fraction of sp³-hybridized carbons (Fsp3) is 0.603. The second kappa shape index (κ2) is 48.2. The van der Waals surface area contributed by atoms with Crippen LogP contribution in [0.2, 0.25) is 0 Å². The number of carbonyl (C=O) groups excluding carboxylic acids is 2. The molecule has 0 aliphatic rings. The quantitative estimate of drug-likeness (QED) is 0.0211. The second-order valence-corrected chi connectivity index (χ2v) is 17.7. The molecular formula is C58H94NO8+. The van der Waals surface area contributed by atoms with Gasteiger partial charge in [-0.3, -0.25) is 9.59 Å². The first-order valence-electron chi connectivity index (χ1n) is 25.7. The van der Waals surface area contributed by atoms with E-state index >= 15 is 0 Å². The zero-order chi connectivity index (χ0) is 49.2. The van der Waals surface area contributed by atoms with Crippen molar-refractivity contribution in [3.05, 3.63) is 122 Å². The van der Waals surface area contributed by atoms with Crippen molar-refractivity contribution in [2.24, 2.45) is 0 Å². The minimum Gasteiger partial charge on any atom is -0.477 e. The summed E-state index contributed by atoms with van der Waals surface area (Å²) < 4.78 is 22.7. The lowest BCUT2D eigenvalue weighted by Crippen LogP contribution is -2.40. The molecule has 0 radical (unpaired) electrons. The van der Waals surface area contributed by atoms with Gasteiger partial charge in [-0.25, -0.2) is 4.79 Å². The van der Waals surface area contributed by atoms with Crippen molar-refractivity contribution < 1.29 is 42.9 Å². The van der Waals surface area contributed by atoms with E-state index < -0.39 is 24.3 Å². The predicted octanol–water partition coefficient (Wildman–Crippen LogP) is 14.6. The van der Waals surface area contributed by atoms with Gasteiger partial charge >= 0.3 is 17.9 Å². The summed E-state index contributed by atoms with van der Waals surface area (Å²) in [6, 6.07) is 0. The minimum atomic E-state index is -1.53. The number of nitrogens with zero attached hydrogens (tertiary/aromatic N) is 1. The Kier molecular flexibility index (Phi) is 45.1. The summed E-state index contributed by atoms with van der Waals surface area (Å²) in [6.45, 7) is 4.61. The van der Waals surface area contributed by atoms with E-state index in [9.17, 15) is 19.5 Å². The lowest BCUT2D eigenvalue weighted by molar-refractivity contribution is -0.870. The van der Waals surface area contributed by atoms with Gasteiger partial charge in [0.15, 0.2) is 6.10 Å². The molecule has 9 nitrogen and oxygen atoms in total. The zero-order valence-electron chi connectivity index (χ0n) is 42.8. The molecule has 0 bridgehead atoms. The fourth-order valence-electron chi connectivity index (χ4n) is 6.24. The Hall–Kier alpha value is -4.31. The van der Waals surface area contributed by atoms with Crippen molar-refractivity contribution in [2.45, 2.75) is 180 Å². The van der Waals surface area contributed by atoms with E-state index in [0.29, 0.717) is 17.4 Å². The van der Waals surface area contributed by atoms with Crippen LogP contribution in [-0.4, -0.2) is 87.4 Å². The van der Waals surface area contributed by atoms with Crippen LogP contribution in [0.15, 0.2) is 122 Å². The first kappa shape index (κ1) is 62.7. The molecular weight excluding hydrogens is 839 g/mol. The van der Waals surface area contributed by atoms with Crippen LogP contribution in [0, 0.1) is 0 Å². The highest BCUT2D eigenvalue weighted by Gasteiger charge is 2.25. The number of quaternary nitrogens is 1. The fourth-order valence-corrected chi connectivity index (χ4v) is 6.24. The van der Waals surface area contributed by atoms with Gasteiger partial charge < -0.3 is 28.5 Å². The number of ether oxygens (including phenoxy) is 4. The summed E-state index contributed by atoms with van der Waals surface area (Å²) in [5, 5.41) is 9.66. The summed E-state index contributed by atoms with van der Waals surface area (Å²) in [7, 11) is 5.93. The molecule has 0 aromatic rings. The zero-order valence-corrected chi connectivity index (χ0v) is 42.8. The van der Waals surface area contributed by atoms with Gasteiger partial charge in [0.25, 0.3) is 6.29 Å². The predicted molar refractivity (Wildman–Crippen MR) is 281 cm³/mol. The first-order chi connectivity index (χ1) is 32.6. The Bertz CT molecular complexity index is 1510. The lowest BCUT2D eigenvalue weighted by Gasteiger charge is -2.25. The summed E-state index contributed by atoms with van der Waals surface area (Å²) in [5.74, 6) is -2.08. The van der Waals surface area contributed by atoms with Crippen molar-refractivity contribution in [2.75, 3.05) is 47.5 Å². The molecule has 67 heavy (non-hydrogen) atoms. The number of hydrogen-bond donors (Lipinski definition) is 1. The van der Waals surface area contributed by atoms with E-state index in [4.69, 9.17) is 18.9 Å². The van der Waals surface area contributed by atoms with Crippen LogP contribution in [0.5, 0.6) is 0 Å².